The summed E-state index contributed by atoms with van der Waals surface area (Å²) in [4.78, 5) is 0.811. The van der Waals surface area contributed by atoms with Crippen LogP contribution < -0.4 is 5.73 Å². The van der Waals surface area contributed by atoms with E-state index in [1.807, 2.05) is 0 Å². The number of halogens is 3. The molecular formula is C11H8F3NS. The minimum absolute atomic E-state index is 0.285. The van der Waals surface area contributed by atoms with Crippen molar-refractivity contribution in [3.05, 3.63) is 45.9 Å². The van der Waals surface area contributed by atoms with Crippen LogP contribution in [-0.2, 0) is 6.54 Å². The zero-order chi connectivity index (χ0) is 11.7. The molecule has 0 aliphatic carbocycles. The van der Waals surface area contributed by atoms with Crippen molar-refractivity contribution in [3.8, 4) is 11.1 Å². The predicted octanol–water partition coefficient (Wildman–Crippen LogP) is 3.29. The Morgan fingerprint density at radius 2 is 1.75 bits per heavy atom. The van der Waals surface area contributed by atoms with Gasteiger partial charge in [0.15, 0.2) is 17.5 Å². The Morgan fingerprint density at radius 1 is 1.12 bits per heavy atom. The van der Waals surface area contributed by atoms with Gasteiger partial charge in [0.05, 0.1) is 0 Å². The highest BCUT2D eigenvalue weighted by Gasteiger charge is 2.13. The van der Waals surface area contributed by atoms with Gasteiger partial charge in [-0.2, -0.15) is 0 Å². The Hall–Kier alpha value is -1.33. The van der Waals surface area contributed by atoms with E-state index in [0.717, 1.165) is 17.0 Å². The van der Waals surface area contributed by atoms with Gasteiger partial charge in [-0.25, -0.2) is 13.2 Å². The van der Waals surface area contributed by atoms with Crippen LogP contribution >= 0.6 is 11.3 Å². The van der Waals surface area contributed by atoms with Gasteiger partial charge in [-0.1, -0.05) is 0 Å². The lowest BCUT2D eigenvalue weighted by molar-refractivity contribution is 0.447. The highest BCUT2D eigenvalue weighted by Crippen LogP contribution is 2.29. The van der Waals surface area contributed by atoms with E-state index < -0.39 is 17.5 Å². The molecule has 2 rings (SSSR count). The van der Waals surface area contributed by atoms with Crippen molar-refractivity contribution in [3.63, 3.8) is 0 Å². The standard InChI is InChI=1S/C11H8F3NS/c12-8-3-6(4-9(13)11(8)14)7-1-2-16-10(7)5-15/h1-4H,5,15H2. The van der Waals surface area contributed by atoms with Crippen molar-refractivity contribution in [1.82, 2.24) is 0 Å². The molecule has 1 aromatic carbocycles. The molecule has 0 aliphatic rings. The van der Waals surface area contributed by atoms with E-state index in [9.17, 15) is 13.2 Å². The molecule has 16 heavy (non-hydrogen) atoms. The summed E-state index contributed by atoms with van der Waals surface area (Å²) >= 11 is 1.40. The van der Waals surface area contributed by atoms with Gasteiger partial charge in [0.1, 0.15) is 0 Å². The van der Waals surface area contributed by atoms with Gasteiger partial charge in [-0.15, -0.1) is 11.3 Å². The van der Waals surface area contributed by atoms with Crippen molar-refractivity contribution in [2.45, 2.75) is 6.54 Å². The van der Waals surface area contributed by atoms with Crippen LogP contribution in [0.3, 0.4) is 0 Å². The Labute approximate surface area is 94.3 Å². The molecule has 2 aromatic rings. The third kappa shape index (κ3) is 1.83. The van der Waals surface area contributed by atoms with Crippen molar-refractivity contribution < 1.29 is 13.2 Å². The van der Waals surface area contributed by atoms with Gasteiger partial charge in [-0.3, -0.25) is 0 Å². The molecule has 5 heteroatoms. The van der Waals surface area contributed by atoms with Gasteiger partial charge in [0.2, 0.25) is 0 Å². The monoisotopic (exact) mass is 243 g/mol. The molecule has 0 spiro atoms. The average Bonchev–Trinajstić information content (AvgIpc) is 2.73. The number of nitrogens with two attached hydrogens (primary N) is 1. The van der Waals surface area contributed by atoms with Crippen LogP contribution in [0.4, 0.5) is 13.2 Å². The minimum atomic E-state index is -1.45. The molecule has 0 atom stereocenters. The third-order valence-electron chi connectivity index (χ3n) is 2.23. The molecular weight excluding hydrogens is 235 g/mol. The smallest absolute Gasteiger partial charge is 0.194 e. The second-order valence-electron chi connectivity index (χ2n) is 3.22. The summed E-state index contributed by atoms with van der Waals surface area (Å²) < 4.78 is 38.8. The van der Waals surface area contributed by atoms with Crippen LogP contribution in [0, 0.1) is 17.5 Å². The van der Waals surface area contributed by atoms with Crippen molar-refractivity contribution >= 4 is 11.3 Å². The molecule has 0 unspecified atom stereocenters. The summed E-state index contributed by atoms with van der Waals surface area (Å²) in [7, 11) is 0. The molecule has 1 nitrogen and oxygen atoms in total. The first kappa shape index (κ1) is 11.2. The topological polar surface area (TPSA) is 26.0 Å². The van der Waals surface area contributed by atoms with E-state index in [0.29, 0.717) is 11.1 Å². The fourth-order valence-electron chi connectivity index (χ4n) is 1.47. The molecule has 0 aliphatic heterocycles. The molecule has 2 N–H and O–H groups in total. The Bertz CT molecular complexity index is 499. The SMILES string of the molecule is NCc1sccc1-c1cc(F)c(F)c(F)c1. The van der Waals surface area contributed by atoms with E-state index in [1.165, 1.54) is 11.3 Å². The molecule has 1 heterocycles. The summed E-state index contributed by atoms with van der Waals surface area (Å²) in [5.41, 5.74) is 6.43. The number of hydrogen-bond acceptors (Lipinski definition) is 2. The van der Waals surface area contributed by atoms with E-state index in [4.69, 9.17) is 5.73 Å². The average molecular weight is 243 g/mol. The molecule has 0 amide bonds. The predicted molar refractivity (Wildman–Crippen MR) is 57.5 cm³/mol. The maximum Gasteiger partial charge on any atom is 0.194 e. The first-order valence-corrected chi connectivity index (χ1v) is 5.42. The lowest BCUT2D eigenvalue weighted by Crippen LogP contribution is -1.96. The summed E-state index contributed by atoms with van der Waals surface area (Å²) in [5, 5.41) is 1.77. The molecule has 1 aromatic heterocycles. The van der Waals surface area contributed by atoms with Crippen molar-refractivity contribution in [1.29, 1.82) is 0 Å². The third-order valence-corrected chi connectivity index (χ3v) is 3.17. The molecule has 0 radical (unpaired) electrons. The molecule has 84 valence electrons. The first-order valence-electron chi connectivity index (χ1n) is 4.55. The molecule has 0 saturated carbocycles. The van der Waals surface area contributed by atoms with Gasteiger partial charge < -0.3 is 5.73 Å². The summed E-state index contributed by atoms with van der Waals surface area (Å²) in [6, 6.07) is 3.65. The second-order valence-corrected chi connectivity index (χ2v) is 4.22. The van der Waals surface area contributed by atoms with Crippen LogP contribution in [0.1, 0.15) is 4.88 Å². The van der Waals surface area contributed by atoms with Crippen LogP contribution in [-0.4, -0.2) is 0 Å². The lowest BCUT2D eigenvalue weighted by Gasteiger charge is -2.03. The fourth-order valence-corrected chi connectivity index (χ4v) is 2.24. The zero-order valence-corrected chi connectivity index (χ0v) is 8.95. The molecule has 0 bridgehead atoms. The van der Waals surface area contributed by atoms with Crippen LogP contribution in [0.5, 0.6) is 0 Å². The normalized spacial score (nSPS) is 10.8. The second kappa shape index (κ2) is 4.27. The number of rotatable bonds is 2. The fraction of sp³-hybridized carbons (Fsp3) is 0.0909. The van der Waals surface area contributed by atoms with Gasteiger partial charge >= 0.3 is 0 Å². The van der Waals surface area contributed by atoms with Crippen molar-refractivity contribution in [2.75, 3.05) is 0 Å². The van der Waals surface area contributed by atoms with Crippen LogP contribution in [0.15, 0.2) is 23.6 Å². The summed E-state index contributed by atoms with van der Waals surface area (Å²) in [6.45, 7) is 0.285. The Balaban J connectivity index is 2.57. The van der Waals surface area contributed by atoms with E-state index in [2.05, 4.69) is 0 Å². The molecule has 0 saturated heterocycles. The lowest BCUT2D eigenvalue weighted by atomic mass is 10.1. The van der Waals surface area contributed by atoms with E-state index in [-0.39, 0.29) is 6.54 Å². The summed E-state index contributed by atoms with van der Waals surface area (Å²) in [5.74, 6) is -3.83. The Morgan fingerprint density at radius 3 is 2.31 bits per heavy atom. The highest BCUT2D eigenvalue weighted by atomic mass is 32.1. The highest BCUT2D eigenvalue weighted by molar-refractivity contribution is 7.10. The Kier molecular flexibility index (Phi) is 2.98. The van der Waals surface area contributed by atoms with Gasteiger partial charge in [-0.05, 0) is 34.7 Å². The van der Waals surface area contributed by atoms with Crippen LogP contribution in [0.2, 0.25) is 0 Å². The minimum Gasteiger partial charge on any atom is -0.326 e. The van der Waals surface area contributed by atoms with E-state index in [1.54, 1.807) is 11.4 Å². The summed E-state index contributed by atoms with van der Waals surface area (Å²) in [6.07, 6.45) is 0. The largest absolute Gasteiger partial charge is 0.326 e. The van der Waals surface area contributed by atoms with Crippen LogP contribution in [0.25, 0.3) is 11.1 Å². The zero-order valence-electron chi connectivity index (χ0n) is 8.14. The van der Waals surface area contributed by atoms with Gasteiger partial charge in [0.25, 0.3) is 0 Å². The number of thiophene rings is 1. The van der Waals surface area contributed by atoms with E-state index >= 15 is 0 Å². The molecule has 0 fully saturated rings. The number of hydrogen-bond donors (Lipinski definition) is 1. The maximum absolute atomic E-state index is 13.0. The maximum atomic E-state index is 13.0. The van der Waals surface area contributed by atoms with Gasteiger partial charge in [0, 0.05) is 11.4 Å². The quantitative estimate of drug-likeness (QED) is 0.805. The number of benzene rings is 1. The first-order chi connectivity index (χ1) is 7.63. The van der Waals surface area contributed by atoms with Crippen molar-refractivity contribution in [2.24, 2.45) is 5.73 Å².